The van der Waals surface area contributed by atoms with Gasteiger partial charge in [0.15, 0.2) is 17.4 Å². The first kappa shape index (κ1) is 24.3. The van der Waals surface area contributed by atoms with E-state index in [2.05, 4.69) is 15.3 Å². The minimum absolute atomic E-state index is 0.0375. The number of hydrogen-bond donors (Lipinski definition) is 1. The molecule has 0 aliphatic carbocycles. The zero-order chi connectivity index (χ0) is 25.4. The van der Waals surface area contributed by atoms with Crippen LogP contribution < -0.4 is 15.0 Å². The normalized spacial score (nSPS) is 15.6. The third-order valence-corrected chi connectivity index (χ3v) is 6.50. The lowest BCUT2D eigenvalue weighted by Crippen LogP contribution is -2.38. The summed E-state index contributed by atoms with van der Waals surface area (Å²) in [4.78, 5) is 12.1. The highest BCUT2D eigenvalue weighted by molar-refractivity contribution is 5.73. The van der Waals surface area contributed by atoms with E-state index in [1.165, 1.54) is 6.07 Å². The predicted molar refractivity (Wildman–Crippen MR) is 130 cm³/mol. The van der Waals surface area contributed by atoms with Crippen LogP contribution in [0, 0.1) is 11.6 Å². The number of nitrogens with one attached hydrogen (secondary N) is 1. The molecule has 36 heavy (non-hydrogen) atoms. The van der Waals surface area contributed by atoms with E-state index in [0.717, 1.165) is 17.3 Å². The highest BCUT2D eigenvalue weighted by atomic mass is 19.3. The van der Waals surface area contributed by atoms with Crippen molar-refractivity contribution < 1.29 is 22.3 Å². The van der Waals surface area contributed by atoms with Crippen LogP contribution in [0.4, 0.5) is 34.9 Å². The van der Waals surface area contributed by atoms with E-state index < -0.39 is 18.1 Å². The molecule has 5 rings (SSSR count). The van der Waals surface area contributed by atoms with Crippen molar-refractivity contribution in [3.63, 3.8) is 0 Å². The summed E-state index contributed by atoms with van der Waals surface area (Å²) < 4.78 is 60.9. The van der Waals surface area contributed by atoms with Crippen molar-refractivity contribution in [3.05, 3.63) is 59.3 Å². The Hall–Kier alpha value is -3.40. The van der Waals surface area contributed by atoms with Gasteiger partial charge in [0.1, 0.15) is 12.3 Å². The van der Waals surface area contributed by atoms with E-state index in [9.17, 15) is 17.6 Å². The molecule has 0 amide bonds. The largest absolute Gasteiger partial charge is 0.486 e. The number of halogens is 4. The van der Waals surface area contributed by atoms with Gasteiger partial charge in [0.25, 0.3) is 6.43 Å². The molecule has 1 N–H and O–H groups in total. The van der Waals surface area contributed by atoms with E-state index in [4.69, 9.17) is 4.74 Å². The van der Waals surface area contributed by atoms with Crippen LogP contribution in [0.25, 0.3) is 11.3 Å². The van der Waals surface area contributed by atoms with E-state index in [0.29, 0.717) is 44.0 Å². The Morgan fingerprint density at radius 3 is 2.67 bits per heavy atom. The zero-order valence-corrected chi connectivity index (χ0v) is 20.1. The quantitative estimate of drug-likeness (QED) is 0.457. The molecule has 0 unspecified atom stereocenters. The molecule has 190 valence electrons. The Morgan fingerprint density at radius 2 is 1.89 bits per heavy atom. The maximum absolute atomic E-state index is 14.9. The van der Waals surface area contributed by atoms with Crippen molar-refractivity contribution in [2.24, 2.45) is 0 Å². The number of benzene rings is 2. The van der Waals surface area contributed by atoms with Gasteiger partial charge in [0.2, 0.25) is 5.95 Å². The van der Waals surface area contributed by atoms with Crippen LogP contribution >= 0.6 is 0 Å². The van der Waals surface area contributed by atoms with Crippen molar-refractivity contribution in [2.45, 2.75) is 39.3 Å². The molecule has 1 aromatic heterocycles. The zero-order valence-electron chi connectivity index (χ0n) is 20.1. The molecular formula is C26H27F4N5O. The molecule has 2 aliphatic rings. The third-order valence-electron chi connectivity index (χ3n) is 6.50. The van der Waals surface area contributed by atoms with Crippen LogP contribution in [0.5, 0.6) is 5.75 Å². The summed E-state index contributed by atoms with van der Waals surface area (Å²) >= 11 is 0. The molecule has 6 nitrogen and oxygen atoms in total. The second-order valence-corrected chi connectivity index (χ2v) is 9.32. The predicted octanol–water partition coefficient (Wildman–Crippen LogP) is 5.40. The molecule has 0 saturated heterocycles. The number of ether oxygens (including phenoxy) is 1. The summed E-state index contributed by atoms with van der Waals surface area (Å²) in [6.45, 7) is 5.71. The highest BCUT2D eigenvalue weighted by Gasteiger charge is 2.26. The molecule has 3 heterocycles. The number of fused-ring (bicyclic) bond motifs is 2. The van der Waals surface area contributed by atoms with Gasteiger partial charge in [-0.05, 0) is 55.7 Å². The van der Waals surface area contributed by atoms with Gasteiger partial charge in [-0.1, -0.05) is 6.07 Å². The Bertz CT molecular complexity index is 1270. The molecule has 0 radical (unpaired) electrons. The lowest BCUT2D eigenvalue weighted by molar-refractivity contribution is 0.0821. The number of anilines is 3. The summed E-state index contributed by atoms with van der Waals surface area (Å²) in [5, 5.41) is 3.07. The molecule has 2 aromatic carbocycles. The van der Waals surface area contributed by atoms with Crippen molar-refractivity contribution >= 4 is 17.3 Å². The van der Waals surface area contributed by atoms with Gasteiger partial charge in [0, 0.05) is 30.4 Å². The Kier molecular flexibility index (Phi) is 6.70. The maximum atomic E-state index is 14.9. The SMILES string of the molecule is CC(C)N1CCOc2c(F)cc(-c3nc(Nc4ccc5c(c4)CN(CC(F)F)CC5)ncc3F)cc21. The number of aromatic nitrogens is 2. The lowest BCUT2D eigenvalue weighted by atomic mass is 9.99. The fraction of sp³-hybridized carbons (Fsp3) is 0.385. The summed E-state index contributed by atoms with van der Waals surface area (Å²) in [7, 11) is 0. The van der Waals surface area contributed by atoms with Crippen molar-refractivity contribution in [1.29, 1.82) is 0 Å². The number of hydrogen-bond acceptors (Lipinski definition) is 6. The number of nitrogens with zero attached hydrogens (tertiary/aromatic N) is 4. The molecule has 0 spiro atoms. The van der Waals surface area contributed by atoms with Crippen LogP contribution in [-0.2, 0) is 13.0 Å². The first-order valence-electron chi connectivity index (χ1n) is 11.9. The fourth-order valence-electron chi connectivity index (χ4n) is 4.78. The monoisotopic (exact) mass is 501 g/mol. The number of rotatable bonds is 6. The summed E-state index contributed by atoms with van der Waals surface area (Å²) in [5.74, 6) is -0.965. The average molecular weight is 502 g/mol. The Labute approximate surface area is 206 Å². The van der Waals surface area contributed by atoms with Crippen molar-refractivity contribution in [3.8, 4) is 17.0 Å². The first-order chi connectivity index (χ1) is 17.3. The lowest BCUT2D eigenvalue weighted by Gasteiger charge is -2.34. The first-order valence-corrected chi connectivity index (χ1v) is 11.9. The second kappa shape index (κ2) is 9.93. The van der Waals surface area contributed by atoms with E-state index in [1.807, 2.05) is 36.9 Å². The van der Waals surface area contributed by atoms with Gasteiger partial charge in [-0.25, -0.2) is 27.5 Å². The molecule has 0 fully saturated rings. The van der Waals surface area contributed by atoms with E-state index in [1.54, 1.807) is 11.0 Å². The third kappa shape index (κ3) is 4.95. The van der Waals surface area contributed by atoms with Crippen LogP contribution in [0.2, 0.25) is 0 Å². The minimum Gasteiger partial charge on any atom is -0.486 e. The maximum Gasteiger partial charge on any atom is 0.251 e. The highest BCUT2D eigenvalue weighted by Crippen LogP contribution is 2.39. The molecule has 0 saturated carbocycles. The van der Waals surface area contributed by atoms with Crippen LogP contribution in [-0.4, -0.2) is 53.6 Å². The molecule has 10 heteroatoms. The molecule has 2 aliphatic heterocycles. The van der Waals surface area contributed by atoms with Gasteiger partial charge in [-0.2, -0.15) is 0 Å². The smallest absolute Gasteiger partial charge is 0.251 e. The summed E-state index contributed by atoms with van der Waals surface area (Å²) in [6, 6.07) is 8.68. The van der Waals surface area contributed by atoms with Gasteiger partial charge >= 0.3 is 0 Å². The van der Waals surface area contributed by atoms with Gasteiger partial charge in [-0.3, -0.25) is 4.90 Å². The van der Waals surface area contributed by atoms with Crippen LogP contribution in [0.1, 0.15) is 25.0 Å². The van der Waals surface area contributed by atoms with Crippen molar-refractivity contribution in [1.82, 2.24) is 14.9 Å². The average Bonchev–Trinajstić information content (AvgIpc) is 2.84. The van der Waals surface area contributed by atoms with E-state index in [-0.39, 0.29) is 35.5 Å². The molecular weight excluding hydrogens is 474 g/mol. The van der Waals surface area contributed by atoms with Crippen LogP contribution in [0.15, 0.2) is 36.5 Å². The molecule has 0 bridgehead atoms. The molecule has 0 atom stereocenters. The van der Waals surface area contributed by atoms with Gasteiger partial charge in [0.05, 0.1) is 25.0 Å². The second-order valence-electron chi connectivity index (χ2n) is 9.32. The van der Waals surface area contributed by atoms with Gasteiger partial charge in [-0.15, -0.1) is 0 Å². The van der Waals surface area contributed by atoms with E-state index >= 15 is 0 Å². The standard InChI is InChI=1S/C26H27F4N5O/c1-15(2)35-7-8-36-25-20(27)10-17(11-22(25)35)24-21(28)12-31-26(33-24)32-19-4-3-16-5-6-34(14-23(29)30)13-18(16)9-19/h3-4,9-12,15,23H,5-8,13-14H2,1-2H3,(H,31,32,33). The number of alkyl halides is 2. The van der Waals surface area contributed by atoms with Crippen molar-refractivity contribution in [2.75, 3.05) is 36.5 Å². The topological polar surface area (TPSA) is 53.5 Å². The molecule has 3 aromatic rings. The van der Waals surface area contributed by atoms with Crippen LogP contribution in [0.3, 0.4) is 0 Å². The van der Waals surface area contributed by atoms with Gasteiger partial charge < -0.3 is 15.0 Å². The minimum atomic E-state index is -2.38. The Morgan fingerprint density at radius 1 is 1.06 bits per heavy atom. The summed E-state index contributed by atoms with van der Waals surface area (Å²) in [6.07, 6.45) is -0.645. The fourth-order valence-corrected chi connectivity index (χ4v) is 4.78. The summed E-state index contributed by atoms with van der Waals surface area (Å²) in [5.41, 5.74) is 3.50. The Balaban J connectivity index is 1.43.